The normalized spacial score (nSPS) is 14.7. The quantitative estimate of drug-likeness (QED) is 0.0146. The second-order valence-corrected chi connectivity index (χ2v) is 27.2. The first-order valence-corrected chi connectivity index (χ1v) is 39.5. The molecule has 0 heterocycles. The second-order valence-electron chi connectivity index (χ2n) is 24.3. The highest BCUT2D eigenvalue weighted by molar-refractivity contribution is 7.47. The number of hydrogen-bond donors (Lipinski definition) is 4. The molecule has 0 aliphatic rings. The summed E-state index contributed by atoms with van der Waals surface area (Å²) in [5, 5.41) is 20.6. The summed E-state index contributed by atoms with van der Waals surface area (Å²) in [6.45, 7) is 2.46. The number of carbonyl (C=O) groups is 3. The monoisotopic (exact) mass is 1350 g/mol. The molecule has 0 amide bonds. The van der Waals surface area contributed by atoms with E-state index in [1.807, 2.05) is 0 Å². The van der Waals surface area contributed by atoms with Crippen molar-refractivity contribution in [3.63, 3.8) is 0 Å². The van der Waals surface area contributed by atoms with Crippen molar-refractivity contribution in [2.75, 3.05) is 39.6 Å². The summed E-state index contributed by atoms with van der Waals surface area (Å²) in [6.07, 6.45) is 75.9. The van der Waals surface area contributed by atoms with Crippen molar-refractivity contribution in [1.29, 1.82) is 0 Å². The lowest BCUT2D eigenvalue weighted by Crippen LogP contribution is -2.30. The topological polar surface area (TPSA) is 231 Å². The van der Waals surface area contributed by atoms with Crippen molar-refractivity contribution in [2.24, 2.45) is 0 Å². The molecule has 0 fully saturated rings. The summed E-state index contributed by atoms with van der Waals surface area (Å²) >= 11 is 0. The molecule has 5 atom stereocenters. The zero-order valence-electron chi connectivity index (χ0n) is 58.4. The standard InChI is InChI=1S/C75H132O16P2/c1-4-7-10-13-16-19-22-25-28-30-31-32-33-34-35-36-37-39-42-43-46-49-52-55-58-61-73(78)85-64-70(76)65-87-92(81,82)88-66-71(77)67-89-93(83,84)90-69-72(91-75(80)63-60-57-54-51-48-45-40-27-24-21-18-15-12-9-6-3)68-86-74(79)62-59-56-53-50-47-44-41-38-29-26-23-20-17-14-11-8-5-2/h7-8,10-11,16-17,19-20,25-26,28-29,31-32,34-35,70-72,76-77H,4-6,9,12-15,18,21-24,27,30,33,36-69H2,1-3H3,(H,81,82)(H,83,84)/b10-7-,11-8-,19-16-,20-17-,28-25-,29-26-,32-31-,35-34-. The Hall–Kier alpha value is -3.53. The van der Waals surface area contributed by atoms with Crippen LogP contribution in [0.1, 0.15) is 303 Å². The SMILES string of the molecule is CC/C=C\C/C=C\C/C=C\C/C=C\C/C=C\CCCCCCCCCCCC(=O)OCC(O)COP(=O)(O)OCC(O)COP(=O)(O)OCC(COC(=O)CCCCCCCCC/C=C\C/C=C\C/C=C\CC)OC(=O)CCCCCCCCCCCCCCCCC. The third-order valence-corrected chi connectivity index (χ3v) is 17.2. The Morgan fingerprint density at radius 2 is 0.570 bits per heavy atom. The molecular formula is C75H132O16P2. The fourth-order valence-electron chi connectivity index (χ4n) is 9.79. The van der Waals surface area contributed by atoms with Crippen LogP contribution in [0, 0.1) is 0 Å². The minimum Gasteiger partial charge on any atom is -0.463 e. The van der Waals surface area contributed by atoms with Crippen molar-refractivity contribution in [2.45, 2.75) is 322 Å². The van der Waals surface area contributed by atoms with Gasteiger partial charge in [-0.2, -0.15) is 0 Å². The minimum atomic E-state index is -4.93. The average molecular weight is 1350 g/mol. The van der Waals surface area contributed by atoms with Gasteiger partial charge in [0, 0.05) is 19.3 Å². The number of hydrogen-bond acceptors (Lipinski definition) is 14. The Labute approximate surface area is 565 Å². The van der Waals surface area contributed by atoms with Crippen molar-refractivity contribution >= 4 is 33.6 Å². The molecule has 4 N–H and O–H groups in total. The maximum absolute atomic E-state index is 12.9. The molecule has 0 aromatic carbocycles. The number of aliphatic hydroxyl groups is 2. The third-order valence-electron chi connectivity index (χ3n) is 15.3. The van der Waals surface area contributed by atoms with E-state index in [1.165, 1.54) is 89.9 Å². The fourth-order valence-corrected chi connectivity index (χ4v) is 11.4. The largest absolute Gasteiger partial charge is 0.472 e. The number of esters is 3. The van der Waals surface area contributed by atoms with Crippen LogP contribution in [0.25, 0.3) is 0 Å². The van der Waals surface area contributed by atoms with E-state index in [1.54, 1.807) is 0 Å². The maximum atomic E-state index is 12.9. The van der Waals surface area contributed by atoms with Crippen LogP contribution in [0.15, 0.2) is 97.2 Å². The van der Waals surface area contributed by atoms with Gasteiger partial charge < -0.3 is 34.2 Å². The van der Waals surface area contributed by atoms with Crippen LogP contribution in [-0.4, -0.2) is 95.9 Å². The van der Waals surface area contributed by atoms with Gasteiger partial charge in [-0.1, -0.05) is 285 Å². The summed E-state index contributed by atoms with van der Waals surface area (Å²) in [5.41, 5.74) is 0. The fraction of sp³-hybridized carbons (Fsp3) is 0.747. The predicted octanol–water partition coefficient (Wildman–Crippen LogP) is 20.6. The molecule has 0 aliphatic heterocycles. The van der Waals surface area contributed by atoms with E-state index < -0.39 is 91.5 Å². The molecule has 93 heavy (non-hydrogen) atoms. The summed E-state index contributed by atoms with van der Waals surface area (Å²) in [7, 11) is -9.78. The van der Waals surface area contributed by atoms with Crippen molar-refractivity contribution < 1.29 is 75.8 Å². The number of carbonyl (C=O) groups excluding carboxylic acids is 3. The Balaban J connectivity index is 4.57. The summed E-state index contributed by atoms with van der Waals surface area (Å²) in [5.74, 6) is -1.58. The Kier molecular flexibility index (Phi) is 65.8. The first-order valence-electron chi connectivity index (χ1n) is 36.5. The molecule has 0 aliphatic carbocycles. The molecule has 0 rings (SSSR count). The van der Waals surface area contributed by atoms with Crippen LogP contribution in [0.4, 0.5) is 0 Å². The van der Waals surface area contributed by atoms with Crippen molar-refractivity contribution in [3.8, 4) is 0 Å². The van der Waals surface area contributed by atoms with E-state index in [9.17, 15) is 43.5 Å². The van der Waals surface area contributed by atoms with E-state index in [4.69, 9.17) is 32.3 Å². The lowest BCUT2D eigenvalue weighted by Gasteiger charge is -2.21. The molecular weight excluding hydrogens is 1220 g/mol. The number of phosphoric acid groups is 2. The average Bonchev–Trinajstić information content (AvgIpc) is 2.84. The lowest BCUT2D eigenvalue weighted by molar-refractivity contribution is -0.161. The third kappa shape index (κ3) is 69.6. The predicted molar refractivity (Wildman–Crippen MR) is 381 cm³/mol. The van der Waals surface area contributed by atoms with Gasteiger partial charge in [0.15, 0.2) is 6.10 Å². The van der Waals surface area contributed by atoms with Crippen LogP contribution in [0.5, 0.6) is 0 Å². The van der Waals surface area contributed by atoms with Crippen LogP contribution < -0.4 is 0 Å². The van der Waals surface area contributed by atoms with Gasteiger partial charge in [-0.05, 0) is 96.3 Å². The zero-order chi connectivity index (χ0) is 68.1. The van der Waals surface area contributed by atoms with Gasteiger partial charge in [-0.3, -0.25) is 32.5 Å². The van der Waals surface area contributed by atoms with E-state index in [0.717, 1.165) is 154 Å². The molecule has 0 saturated carbocycles. The molecule has 0 aromatic heterocycles. The van der Waals surface area contributed by atoms with Crippen LogP contribution >= 0.6 is 15.6 Å². The molecule has 0 aromatic rings. The van der Waals surface area contributed by atoms with Gasteiger partial charge in [0.05, 0.1) is 26.4 Å². The molecule has 18 heteroatoms. The smallest absolute Gasteiger partial charge is 0.463 e. The molecule has 0 spiro atoms. The highest BCUT2D eigenvalue weighted by atomic mass is 31.2. The van der Waals surface area contributed by atoms with E-state index >= 15 is 0 Å². The van der Waals surface area contributed by atoms with Crippen LogP contribution in [0.2, 0.25) is 0 Å². The summed E-state index contributed by atoms with van der Waals surface area (Å²) in [4.78, 5) is 58.5. The Bertz CT molecular complexity index is 2080. The maximum Gasteiger partial charge on any atom is 0.472 e. The summed E-state index contributed by atoms with van der Waals surface area (Å²) < 4.78 is 61.0. The zero-order valence-corrected chi connectivity index (χ0v) is 60.2. The van der Waals surface area contributed by atoms with Gasteiger partial charge in [0.1, 0.15) is 25.4 Å². The lowest BCUT2D eigenvalue weighted by atomic mass is 10.0. The van der Waals surface area contributed by atoms with Gasteiger partial charge in [0.2, 0.25) is 0 Å². The molecule has 5 unspecified atom stereocenters. The van der Waals surface area contributed by atoms with Gasteiger partial charge in [-0.25, -0.2) is 9.13 Å². The van der Waals surface area contributed by atoms with Crippen molar-refractivity contribution in [3.05, 3.63) is 97.2 Å². The van der Waals surface area contributed by atoms with Gasteiger partial charge in [0.25, 0.3) is 0 Å². The summed E-state index contributed by atoms with van der Waals surface area (Å²) in [6, 6.07) is 0. The second kappa shape index (κ2) is 68.4. The van der Waals surface area contributed by atoms with Gasteiger partial charge >= 0.3 is 33.6 Å². The molecule has 16 nitrogen and oxygen atoms in total. The number of ether oxygens (including phenoxy) is 3. The van der Waals surface area contributed by atoms with Crippen molar-refractivity contribution in [1.82, 2.24) is 0 Å². The Morgan fingerprint density at radius 1 is 0.312 bits per heavy atom. The first-order chi connectivity index (χ1) is 45.2. The molecule has 538 valence electrons. The minimum absolute atomic E-state index is 0.106. The van der Waals surface area contributed by atoms with Gasteiger partial charge in [-0.15, -0.1) is 0 Å². The van der Waals surface area contributed by atoms with E-state index in [2.05, 4.69) is 118 Å². The number of rotatable bonds is 69. The number of allylic oxidation sites excluding steroid dienone is 16. The number of phosphoric ester groups is 2. The van der Waals surface area contributed by atoms with E-state index in [-0.39, 0.29) is 19.3 Å². The molecule has 0 bridgehead atoms. The Morgan fingerprint density at radius 3 is 0.903 bits per heavy atom. The number of aliphatic hydroxyl groups excluding tert-OH is 2. The number of unbranched alkanes of at least 4 members (excludes halogenated alkanes) is 30. The first kappa shape index (κ1) is 89.5. The highest BCUT2D eigenvalue weighted by Gasteiger charge is 2.29. The molecule has 0 saturated heterocycles. The van der Waals surface area contributed by atoms with E-state index in [0.29, 0.717) is 19.3 Å². The highest BCUT2D eigenvalue weighted by Crippen LogP contribution is 2.45. The molecule has 0 radical (unpaired) electrons. The van der Waals surface area contributed by atoms with Crippen LogP contribution in [0.3, 0.4) is 0 Å². The van der Waals surface area contributed by atoms with Crippen LogP contribution in [-0.2, 0) is 55.8 Å².